The van der Waals surface area contributed by atoms with Crippen LogP contribution >= 0.6 is 0 Å². The fraction of sp³-hybridized carbons (Fsp3) is 0.417. The van der Waals surface area contributed by atoms with E-state index in [0.29, 0.717) is 25.2 Å². The summed E-state index contributed by atoms with van der Waals surface area (Å²) in [6.45, 7) is 6.15. The number of aromatic nitrogens is 1. The molecule has 0 spiro atoms. The fourth-order valence-electron chi connectivity index (χ4n) is 4.35. The number of nitrogens with two attached hydrogens (primary N) is 2. The average Bonchev–Trinajstić information content (AvgIpc) is 3.38. The van der Waals surface area contributed by atoms with Crippen LogP contribution in [0.5, 0.6) is 0 Å². The van der Waals surface area contributed by atoms with Crippen LogP contribution in [0, 0.1) is 5.82 Å². The number of halogens is 1. The van der Waals surface area contributed by atoms with E-state index in [2.05, 4.69) is 15.4 Å². The number of hydrogen-bond donors (Lipinski definition) is 3. The van der Waals surface area contributed by atoms with Gasteiger partial charge in [0.25, 0.3) is 5.91 Å². The molecule has 2 aliphatic heterocycles. The summed E-state index contributed by atoms with van der Waals surface area (Å²) >= 11 is 0. The van der Waals surface area contributed by atoms with E-state index in [1.807, 2.05) is 18.7 Å². The molecule has 11 heteroatoms. The Kier molecular flexibility index (Phi) is 7.15. The smallest absolute Gasteiger partial charge is 0.320 e. The van der Waals surface area contributed by atoms with E-state index < -0.39 is 11.7 Å². The van der Waals surface area contributed by atoms with Gasteiger partial charge in [-0.3, -0.25) is 9.80 Å². The molecule has 35 heavy (non-hydrogen) atoms. The zero-order valence-electron chi connectivity index (χ0n) is 20.0. The first kappa shape index (κ1) is 24.4. The van der Waals surface area contributed by atoms with Crippen molar-refractivity contribution in [3.8, 4) is 0 Å². The first-order valence-electron chi connectivity index (χ1n) is 11.7. The fourth-order valence-corrected chi connectivity index (χ4v) is 4.35. The van der Waals surface area contributed by atoms with Crippen LogP contribution in [0.4, 0.5) is 15.0 Å². The Bertz CT molecular complexity index is 1150. The number of amidine groups is 1. The number of hydrazone groups is 1. The van der Waals surface area contributed by atoms with Crippen molar-refractivity contribution in [3.05, 3.63) is 58.5 Å². The number of amides is 3. The Morgan fingerprint density at radius 1 is 1.14 bits per heavy atom. The molecule has 0 bridgehead atoms. The van der Waals surface area contributed by atoms with E-state index in [1.165, 1.54) is 17.1 Å². The average molecular weight is 483 g/mol. The third-order valence-electron chi connectivity index (χ3n) is 6.34. The standard InChI is InChI=1S/C24H31FN8O2/c1-15(2)33(27)22(30-26)20-6-5-7-21(28-20)29-23(34)18-12-17-14-32(11-8-16(17)13-19(18)25)24(35)31-9-3-4-10-31/h5-7,12-13,15H,3-4,8-11,14,26-27H2,1-2H3,(H,28,29,34)/b30-22-. The molecule has 0 unspecified atom stereocenters. The maximum atomic E-state index is 14.9. The van der Waals surface area contributed by atoms with Crippen LogP contribution in [0.15, 0.2) is 35.4 Å². The van der Waals surface area contributed by atoms with E-state index in [1.54, 1.807) is 23.1 Å². The second kappa shape index (κ2) is 10.3. The molecule has 10 nitrogen and oxygen atoms in total. The van der Waals surface area contributed by atoms with Crippen molar-refractivity contribution < 1.29 is 14.0 Å². The lowest BCUT2D eigenvalue weighted by Gasteiger charge is -2.32. The van der Waals surface area contributed by atoms with Gasteiger partial charge in [-0.1, -0.05) is 6.07 Å². The van der Waals surface area contributed by atoms with Crippen LogP contribution in [0.3, 0.4) is 0 Å². The topological polar surface area (TPSA) is 133 Å². The highest BCUT2D eigenvalue weighted by Gasteiger charge is 2.28. The number of anilines is 1. The second-order valence-electron chi connectivity index (χ2n) is 9.06. The molecule has 2 aliphatic rings. The van der Waals surface area contributed by atoms with Gasteiger partial charge in [-0.15, -0.1) is 0 Å². The number of rotatable bonds is 4. The predicted octanol–water partition coefficient (Wildman–Crippen LogP) is 2.25. The molecule has 1 fully saturated rings. The first-order valence-corrected chi connectivity index (χ1v) is 11.7. The molecule has 1 saturated heterocycles. The Morgan fingerprint density at radius 3 is 2.57 bits per heavy atom. The summed E-state index contributed by atoms with van der Waals surface area (Å²) in [6.07, 6.45) is 2.57. The number of carbonyl (C=O) groups excluding carboxylic acids is 2. The summed E-state index contributed by atoms with van der Waals surface area (Å²) in [7, 11) is 0. The molecule has 3 heterocycles. The summed E-state index contributed by atoms with van der Waals surface area (Å²) in [5.41, 5.74) is 1.83. The van der Waals surface area contributed by atoms with Gasteiger partial charge >= 0.3 is 6.03 Å². The molecule has 5 N–H and O–H groups in total. The summed E-state index contributed by atoms with van der Waals surface area (Å²) in [6, 6.07) is 7.74. The second-order valence-corrected chi connectivity index (χ2v) is 9.06. The van der Waals surface area contributed by atoms with E-state index in [-0.39, 0.29) is 29.3 Å². The van der Waals surface area contributed by atoms with Crippen LogP contribution in [0.25, 0.3) is 0 Å². The number of fused-ring (bicyclic) bond motifs is 1. The molecular weight excluding hydrogens is 451 g/mol. The summed E-state index contributed by atoms with van der Waals surface area (Å²) in [5, 5.41) is 7.72. The largest absolute Gasteiger partial charge is 0.325 e. The molecule has 3 amide bonds. The van der Waals surface area contributed by atoms with Crippen molar-refractivity contribution in [2.45, 2.75) is 45.7 Å². The molecule has 0 atom stereocenters. The zero-order valence-corrected chi connectivity index (χ0v) is 20.0. The number of pyridine rings is 1. The molecule has 0 radical (unpaired) electrons. The number of hydrogen-bond acceptors (Lipinski definition) is 6. The summed E-state index contributed by atoms with van der Waals surface area (Å²) < 4.78 is 14.9. The molecule has 1 aromatic heterocycles. The molecular formula is C24H31FN8O2. The Balaban J connectivity index is 1.52. The third kappa shape index (κ3) is 5.19. The Hall–Kier alpha value is -3.73. The summed E-state index contributed by atoms with van der Waals surface area (Å²) in [4.78, 5) is 33.7. The quantitative estimate of drug-likeness (QED) is 0.265. The molecule has 4 rings (SSSR count). The maximum Gasteiger partial charge on any atom is 0.320 e. The summed E-state index contributed by atoms with van der Waals surface area (Å²) in [5.74, 6) is 10.7. The van der Waals surface area contributed by atoms with Crippen LogP contribution in [-0.4, -0.2) is 63.2 Å². The van der Waals surface area contributed by atoms with Gasteiger partial charge in [-0.25, -0.2) is 20.0 Å². The maximum absolute atomic E-state index is 14.9. The van der Waals surface area contributed by atoms with Gasteiger partial charge in [-0.2, -0.15) is 5.10 Å². The zero-order chi connectivity index (χ0) is 25.1. The molecule has 1 aromatic carbocycles. The van der Waals surface area contributed by atoms with Crippen molar-refractivity contribution in [3.63, 3.8) is 0 Å². The monoisotopic (exact) mass is 482 g/mol. The highest BCUT2D eigenvalue weighted by Crippen LogP contribution is 2.25. The van der Waals surface area contributed by atoms with Crippen molar-refractivity contribution in [2.24, 2.45) is 16.8 Å². The van der Waals surface area contributed by atoms with Gasteiger partial charge in [-0.05, 0) is 68.5 Å². The lowest BCUT2D eigenvalue weighted by Crippen LogP contribution is -2.44. The van der Waals surface area contributed by atoms with Gasteiger partial charge in [0.2, 0.25) is 0 Å². The van der Waals surface area contributed by atoms with Gasteiger partial charge in [0, 0.05) is 32.2 Å². The van der Waals surface area contributed by atoms with E-state index in [0.717, 1.165) is 37.1 Å². The van der Waals surface area contributed by atoms with Crippen molar-refractivity contribution in [2.75, 3.05) is 25.0 Å². The van der Waals surface area contributed by atoms with Crippen LogP contribution in [-0.2, 0) is 13.0 Å². The van der Waals surface area contributed by atoms with Crippen LogP contribution < -0.4 is 17.0 Å². The number of likely N-dealkylation sites (tertiary alicyclic amines) is 1. The number of nitrogens with zero attached hydrogens (tertiary/aromatic N) is 5. The molecule has 0 aliphatic carbocycles. The first-order chi connectivity index (χ1) is 16.8. The van der Waals surface area contributed by atoms with Crippen LogP contribution in [0.1, 0.15) is 53.9 Å². The van der Waals surface area contributed by atoms with Gasteiger partial charge in [0.1, 0.15) is 17.3 Å². The number of hydrazine groups is 1. The number of urea groups is 1. The predicted molar refractivity (Wildman–Crippen MR) is 131 cm³/mol. The van der Waals surface area contributed by atoms with E-state index in [4.69, 9.17) is 11.7 Å². The highest BCUT2D eigenvalue weighted by molar-refractivity contribution is 6.04. The van der Waals surface area contributed by atoms with E-state index in [9.17, 15) is 14.0 Å². The third-order valence-corrected chi connectivity index (χ3v) is 6.34. The SMILES string of the molecule is CC(C)N(N)/C(=N\N)c1cccc(NC(=O)c2cc3c(cc2F)CCN(C(=O)N2CCCC2)C3)n1. The minimum atomic E-state index is -0.641. The lowest BCUT2D eigenvalue weighted by molar-refractivity contribution is 0.102. The van der Waals surface area contributed by atoms with Gasteiger partial charge < -0.3 is 21.0 Å². The van der Waals surface area contributed by atoms with Crippen LogP contribution in [0.2, 0.25) is 0 Å². The Morgan fingerprint density at radius 2 is 1.89 bits per heavy atom. The van der Waals surface area contributed by atoms with Crippen molar-refractivity contribution >= 4 is 23.6 Å². The normalized spacial score (nSPS) is 15.9. The van der Waals surface area contributed by atoms with Crippen molar-refractivity contribution in [1.82, 2.24) is 19.8 Å². The van der Waals surface area contributed by atoms with Gasteiger partial charge in [0.05, 0.1) is 5.56 Å². The van der Waals surface area contributed by atoms with Gasteiger partial charge in [0.15, 0.2) is 5.84 Å². The minimum absolute atomic E-state index is 0.00258. The van der Waals surface area contributed by atoms with E-state index >= 15 is 0 Å². The van der Waals surface area contributed by atoms with Crippen molar-refractivity contribution in [1.29, 1.82) is 0 Å². The molecule has 186 valence electrons. The molecule has 2 aromatic rings. The Labute approximate surface area is 203 Å². The molecule has 0 saturated carbocycles. The number of carbonyl (C=O) groups is 2. The highest BCUT2D eigenvalue weighted by atomic mass is 19.1. The number of nitrogens with one attached hydrogen (secondary N) is 1. The minimum Gasteiger partial charge on any atom is -0.325 e. The lowest BCUT2D eigenvalue weighted by atomic mass is 9.96. The number of benzene rings is 1.